The quantitative estimate of drug-likeness (QED) is 0.646. The number of benzene rings is 1. The summed E-state index contributed by atoms with van der Waals surface area (Å²) in [5.41, 5.74) is 1.64. The van der Waals surface area contributed by atoms with Gasteiger partial charge >= 0.3 is 0 Å². The normalized spacial score (nSPS) is 10.3. The fraction of sp³-hybridized carbons (Fsp3) is 0.353. The van der Waals surface area contributed by atoms with E-state index in [4.69, 9.17) is 0 Å². The number of rotatable bonds is 8. The van der Waals surface area contributed by atoms with Gasteiger partial charge in [0, 0.05) is 31.4 Å². The van der Waals surface area contributed by atoms with Gasteiger partial charge in [-0.2, -0.15) is 4.98 Å². The SMILES string of the molecule is CCNc1cc(C)nc(NCCNC(=O)Cc2ccc(F)cc2)n1. The monoisotopic (exact) mass is 331 g/mol. The zero-order chi connectivity index (χ0) is 17.4. The largest absolute Gasteiger partial charge is 0.370 e. The summed E-state index contributed by atoms with van der Waals surface area (Å²) in [4.78, 5) is 20.5. The van der Waals surface area contributed by atoms with Crippen molar-refractivity contribution in [3.8, 4) is 0 Å². The second kappa shape index (κ2) is 8.81. The minimum absolute atomic E-state index is 0.109. The van der Waals surface area contributed by atoms with Crippen LogP contribution in [0.25, 0.3) is 0 Å². The molecule has 24 heavy (non-hydrogen) atoms. The van der Waals surface area contributed by atoms with E-state index in [2.05, 4.69) is 25.9 Å². The van der Waals surface area contributed by atoms with Crippen molar-refractivity contribution in [3.63, 3.8) is 0 Å². The van der Waals surface area contributed by atoms with Gasteiger partial charge < -0.3 is 16.0 Å². The summed E-state index contributed by atoms with van der Waals surface area (Å²) in [6.07, 6.45) is 0.228. The van der Waals surface area contributed by atoms with E-state index in [0.717, 1.165) is 23.6 Å². The Hall–Kier alpha value is -2.70. The Morgan fingerprint density at radius 3 is 2.58 bits per heavy atom. The Bertz CT molecular complexity index is 675. The molecule has 0 radical (unpaired) electrons. The predicted molar refractivity (Wildman–Crippen MR) is 92.5 cm³/mol. The second-order valence-electron chi connectivity index (χ2n) is 5.33. The molecule has 0 saturated heterocycles. The lowest BCUT2D eigenvalue weighted by Gasteiger charge is -2.09. The maximum atomic E-state index is 12.8. The number of halogens is 1. The molecular weight excluding hydrogens is 309 g/mol. The summed E-state index contributed by atoms with van der Waals surface area (Å²) in [7, 11) is 0. The van der Waals surface area contributed by atoms with E-state index in [9.17, 15) is 9.18 Å². The Morgan fingerprint density at radius 1 is 1.12 bits per heavy atom. The molecule has 7 heteroatoms. The summed E-state index contributed by atoms with van der Waals surface area (Å²) in [6, 6.07) is 7.79. The minimum atomic E-state index is -0.307. The van der Waals surface area contributed by atoms with Crippen molar-refractivity contribution >= 4 is 17.7 Å². The van der Waals surface area contributed by atoms with Crippen LogP contribution in [-0.2, 0) is 11.2 Å². The highest BCUT2D eigenvalue weighted by molar-refractivity contribution is 5.78. The van der Waals surface area contributed by atoms with E-state index in [0.29, 0.717) is 19.0 Å². The van der Waals surface area contributed by atoms with Crippen LogP contribution in [0.15, 0.2) is 30.3 Å². The van der Waals surface area contributed by atoms with Crippen molar-refractivity contribution in [1.29, 1.82) is 0 Å². The molecule has 1 aromatic carbocycles. The van der Waals surface area contributed by atoms with Crippen molar-refractivity contribution in [1.82, 2.24) is 15.3 Å². The lowest BCUT2D eigenvalue weighted by atomic mass is 10.1. The van der Waals surface area contributed by atoms with Gasteiger partial charge in [-0.15, -0.1) is 0 Å². The molecule has 3 N–H and O–H groups in total. The lowest BCUT2D eigenvalue weighted by Crippen LogP contribution is -2.30. The van der Waals surface area contributed by atoms with Crippen LogP contribution in [-0.4, -0.2) is 35.5 Å². The van der Waals surface area contributed by atoms with Gasteiger partial charge in [-0.1, -0.05) is 12.1 Å². The van der Waals surface area contributed by atoms with Crippen molar-refractivity contribution < 1.29 is 9.18 Å². The second-order valence-corrected chi connectivity index (χ2v) is 5.33. The molecule has 0 saturated carbocycles. The Kier molecular flexibility index (Phi) is 6.48. The first-order valence-electron chi connectivity index (χ1n) is 7.91. The van der Waals surface area contributed by atoms with Crippen LogP contribution >= 0.6 is 0 Å². The number of hydrogen-bond acceptors (Lipinski definition) is 5. The van der Waals surface area contributed by atoms with E-state index in [-0.39, 0.29) is 18.1 Å². The standard InChI is InChI=1S/C17H22FN5O/c1-3-19-15-10-12(2)22-17(23-15)21-9-8-20-16(24)11-13-4-6-14(18)7-5-13/h4-7,10H,3,8-9,11H2,1-2H3,(H,20,24)(H2,19,21,22,23). The smallest absolute Gasteiger partial charge is 0.224 e. The molecule has 0 unspecified atom stereocenters. The molecule has 0 spiro atoms. The molecule has 0 bridgehead atoms. The third-order valence-corrected chi connectivity index (χ3v) is 3.22. The van der Waals surface area contributed by atoms with Crippen LogP contribution in [0.1, 0.15) is 18.2 Å². The fourth-order valence-corrected chi connectivity index (χ4v) is 2.15. The van der Waals surface area contributed by atoms with Gasteiger partial charge in [0.1, 0.15) is 11.6 Å². The first-order valence-corrected chi connectivity index (χ1v) is 7.91. The molecule has 1 aromatic heterocycles. The van der Waals surface area contributed by atoms with Gasteiger partial charge in [-0.25, -0.2) is 9.37 Å². The molecule has 0 aliphatic rings. The molecule has 0 atom stereocenters. The molecule has 1 amide bonds. The summed E-state index contributed by atoms with van der Waals surface area (Å²) >= 11 is 0. The van der Waals surface area contributed by atoms with Crippen LogP contribution < -0.4 is 16.0 Å². The van der Waals surface area contributed by atoms with Crippen LogP contribution in [0, 0.1) is 12.7 Å². The third kappa shape index (κ3) is 5.83. The number of aromatic nitrogens is 2. The van der Waals surface area contributed by atoms with Crippen LogP contribution in [0.5, 0.6) is 0 Å². The molecule has 6 nitrogen and oxygen atoms in total. The van der Waals surface area contributed by atoms with E-state index in [1.807, 2.05) is 19.9 Å². The number of carbonyl (C=O) groups is 1. The van der Waals surface area contributed by atoms with Gasteiger partial charge in [0.25, 0.3) is 0 Å². The number of carbonyl (C=O) groups excluding carboxylic acids is 1. The van der Waals surface area contributed by atoms with Crippen molar-refractivity contribution in [3.05, 3.63) is 47.4 Å². The van der Waals surface area contributed by atoms with Gasteiger partial charge in [-0.3, -0.25) is 4.79 Å². The summed E-state index contributed by atoms with van der Waals surface area (Å²) in [5, 5.41) is 9.03. The summed E-state index contributed by atoms with van der Waals surface area (Å²) < 4.78 is 12.8. The topological polar surface area (TPSA) is 78.9 Å². The molecule has 2 rings (SSSR count). The first-order chi connectivity index (χ1) is 11.6. The minimum Gasteiger partial charge on any atom is -0.370 e. The summed E-state index contributed by atoms with van der Waals surface area (Å²) in [5.74, 6) is 0.881. The predicted octanol–water partition coefficient (Wildman–Crippen LogP) is 2.13. The maximum Gasteiger partial charge on any atom is 0.224 e. The highest BCUT2D eigenvalue weighted by atomic mass is 19.1. The van der Waals surface area contributed by atoms with Crippen LogP contribution in [0.2, 0.25) is 0 Å². The zero-order valence-corrected chi connectivity index (χ0v) is 13.9. The van der Waals surface area contributed by atoms with Crippen molar-refractivity contribution in [2.24, 2.45) is 0 Å². The molecule has 0 aliphatic carbocycles. The number of hydrogen-bond donors (Lipinski definition) is 3. The van der Waals surface area contributed by atoms with Crippen molar-refractivity contribution in [2.75, 3.05) is 30.3 Å². The molecule has 0 fully saturated rings. The Balaban J connectivity index is 1.74. The number of aryl methyl sites for hydroxylation is 1. The molecular formula is C17H22FN5O. The van der Waals surface area contributed by atoms with E-state index in [1.54, 1.807) is 12.1 Å². The fourth-order valence-electron chi connectivity index (χ4n) is 2.15. The highest BCUT2D eigenvalue weighted by Crippen LogP contribution is 2.08. The highest BCUT2D eigenvalue weighted by Gasteiger charge is 2.04. The Morgan fingerprint density at radius 2 is 1.88 bits per heavy atom. The molecule has 0 aliphatic heterocycles. The summed E-state index contributed by atoms with van der Waals surface area (Å²) in [6.45, 7) is 5.66. The van der Waals surface area contributed by atoms with Gasteiger partial charge in [0.05, 0.1) is 6.42 Å². The average molecular weight is 331 g/mol. The van der Waals surface area contributed by atoms with E-state index in [1.165, 1.54) is 12.1 Å². The number of nitrogens with one attached hydrogen (secondary N) is 3. The van der Waals surface area contributed by atoms with Crippen LogP contribution in [0.3, 0.4) is 0 Å². The van der Waals surface area contributed by atoms with Gasteiger partial charge in [-0.05, 0) is 31.5 Å². The first kappa shape index (κ1) is 17.7. The number of anilines is 2. The van der Waals surface area contributed by atoms with E-state index >= 15 is 0 Å². The van der Waals surface area contributed by atoms with Crippen LogP contribution in [0.4, 0.5) is 16.2 Å². The number of amides is 1. The molecule has 128 valence electrons. The van der Waals surface area contributed by atoms with Crippen molar-refractivity contribution in [2.45, 2.75) is 20.3 Å². The lowest BCUT2D eigenvalue weighted by molar-refractivity contribution is -0.120. The molecule has 2 aromatic rings. The third-order valence-electron chi connectivity index (χ3n) is 3.22. The molecule has 1 heterocycles. The van der Waals surface area contributed by atoms with Gasteiger partial charge in [0.2, 0.25) is 11.9 Å². The number of nitrogens with zero attached hydrogens (tertiary/aromatic N) is 2. The average Bonchev–Trinajstić information content (AvgIpc) is 2.54. The zero-order valence-electron chi connectivity index (χ0n) is 13.9. The van der Waals surface area contributed by atoms with E-state index < -0.39 is 0 Å². The Labute approximate surface area is 140 Å². The van der Waals surface area contributed by atoms with Gasteiger partial charge in [0.15, 0.2) is 0 Å². The maximum absolute atomic E-state index is 12.8.